The van der Waals surface area contributed by atoms with Gasteiger partial charge in [0.05, 0.1) is 5.69 Å². The van der Waals surface area contributed by atoms with Crippen molar-refractivity contribution < 1.29 is 13.2 Å². The zero-order chi connectivity index (χ0) is 21.0. The second-order valence-corrected chi connectivity index (χ2v) is 8.82. The Balaban J connectivity index is 1.93. The fourth-order valence-corrected chi connectivity index (χ4v) is 4.42. The SMILES string of the molecule is Cc1ccc(N(CC(=O)Nc2cc(C)cc(C)c2)S(=O)(=O)c2cccnc2)cc1. The van der Waals surface area contributed by atoms with Crippen LogP contribution in [0.3, 0.4) is 0 Å². The second kappa shape index (κ2) is 8.45. The van der Waals surface area contributed by atoms with Crippen LogP contribution in [0.1, 0.15) is 16.7 Å². The molecule has 3 rings (SSSR count). The van der Waals surface area contributed by atoms with Gasteiger partial charge in [-0.25, -0.2) is 8.42 Å². The molecule has 0 atom stereocenters. The molecule has 0 fully saturated rings. The smallest absolute Gasteiger partial charge is 0.266 e. The topological polar surface area (TPSA) is 79.4 Å². The summed E-state index contributed by atoms with van der Waals surface area (Å²) in [5, 5.41) is 2.80. The Morgan fingerprint density at radius 3 is 2.21 bits per heavy atom. The Hall–Kier alpha value is -3.19. The minimum Gasteiger partial charge on any atom is -0.324 e. The highest BCUT2D eigenvalue weighted by Crippen LogP contribution is 2.24. The van der Waals surface area contributed by atoms with Crippen molar-refractivity contribution in [2.45, 2.75) is 25.7 Å². The number of sulfonamides is 1. The number of aromatic nitrogens is 1. The van der Waals surface area contributed by atoms with Crippen LogP contribution in [0.4, 0.5) is 11.4 Å². The normalized spacial score (nSPS) is 11.1. The molecule has 2 aromatic carbocycles. The van der Waals surface area contributed by atoms with Crippen molar-refractivity contribution in [2.75, 3.05) is 16.2 Å². The van der Waals surface area contributed by atoms with Crippen LogP contribution in [0.15, 0.2) is 71.9 Å². The van der Waals surface area contributed by atoms with Crippen LogP contribution in [-0.4, -0.2) is 25.9 Å². The number of hydrogen-bond acceptors (Lipinski definition) is 4. The number of anilines is 2. The Bertz CT molecular complexity index is 1090. The summed E-state index contributed by atoms with van der Waals surface area (Å²) in [6.07, 6.45) is 2.78. The van der Waals surface area contributed by atoms with Crippen molar-refractivity contribution >= 4 is 27.3 Å². The first kappa shape index (κ1) is 20.5. The number of benzene rings is 2. The lowest BCUT2D eigenvalue weighted by Crippen LogP contribution is -2.38. The van der Waals surface area contributed by atoms with Gasteiger partial charge < -0.3 is 5.32 Å². The molecule has 0 unspecified atom stereocenters. The Kier molecular flexibility index (Phi) is 5.98. The average molecular weight is 410 g/mol. The lowest BCUT2D eigenvalue weighted by atomic mass is 10.1. The summed E-state index contributed by atoms with van der Waals surface area (Å²) in [7, 11) is -3.96. The van der Waals surface area contributed by atoms with E-state index < -0.39 is 15.9 Å². The maximum absolute atomic E-state index is 13.2. The summed E-state index contributed by atoms with van der Waals surface area (Å²) in [5.74, 6) is -0.428. The summed E-state index contributed by atoms with van der Waals surface area (Å²) in [6.45, 7) is 5.44. The molecule has 150 valence electrons. The molecule has 0 aliphatic rings. The predicted molar refractivity (Wildman–Crippen MR) is 114 cm³/mol. The van der Waals surface area contributed by atoms with Gasteiger partial charge in [0.15, 0.2) is 0 Å². The maximum Gasteiger partial charge on any atom is 0.266 e. The van der Waals surface area contributed by atoms with Crippen LogP contribution < -0.4 is 9.62 Å². The van der Waals surface area contributed by atoms with E-state index in [0.717, 1.165) is 21.0 Å². The Morgan fingerprint density at radius 2 is 1.62 bits per heavy atom. The molecule has 0 aliphatic heterocycles. The molecule has 29 heavy (non-hydrogen) atoms. The fourth-order valence-electron chi connectivity index (χ4n) is 3.03. The van der Waals surface area contributed by atoms with E-state index in [9.17, 15) is 13.2 Å². The van der Waals surface area contributed by atoms with Gasteiger partial charge in [-0.1, -0.05) is 23.8 Å². The Morgan fingerprint density at radius 1 is 0.966 bits per heavy atom. The molecule has 0 spiro atoms. The van der Waals surface area contributed by atoms with Crippen LogP contribution in [0.25, 0.3) is 0 Å². The van der Waals surface area contributed by atoms with E-state index in [1.54, 1.807) is 18.2 Å². The first-order valence-corrected chi connectivity index (χ1v) is 10.6. The lowest BCUT2D eigenvalue weighted by Gasteiger charge is -2.24. The fraction of sp³-hybridized carbons (Fsp3) is 0.182. The van der Waals surface area contributed by atoms with Gasteiger partial charge in [-0.15, -0.1) is 0 Å². The summed E-state index contributed by atoms with van der Waals surface area (Å²) in [4.78, 5) is 16.7. The molecule has 0 radical (unpaired) electrons. The number of amides is 1. The van der Waals surface area contributed by atoms with E-state index in [0.29, 0.717) is 11.4 Å². The average Bonchev–Trinajstić information content (AvgIpc) is 2.67. The molecule has 0 aliphatic carbocycles. The second-order valence-electron chi connectivity index (χ2n) is 6.96. The highest BCUT2D eigenvalue weighted by atomic mass is 32.2. The number of carbonyl (C=O) groups is 1. The van der Waals surface area contributed by atoms with Crippen molar-refractivity contribution in [3.63, 3.8) is 0 Å². The highest BCUT2D eigenvalue weighted by molar-refractivity contribution is 7.92. The zero-order valence-electron chi connectivity index (χ0n) is 16.6. The number of nitrogens with one attached hydrogen (secondary N) is 1. The van der Waals surface area contributed by atoms with Gasteiger partial charge in [0, 0.05) is 18.1 Å². The van der Waals surface area contributed by atoms with Crippen molar-refractivity contribution in [1.29, 1.82) is 0 Å². The molecule has 0 bridgehead atoms. The molecular weight excluding hydrogens is 386 g/mol. The number of hydrogen-bond donors (Lipinski definition) is 1. The van der Waals surface area contributed by atoms with Crippen LogP contribution >= 0.6 is 0 Å². The van der Waals surface area contributed by atoms with E-state index in [1.807, 2.05) is 51.1 Å². The van der Waals surface area contributed by atoms with Gasteiger partial charge >= 0.3 is 0 Å². The van der Waals surface area contributed by atoms with Crippen molar-refractivity contribution in [2.24, 2.45) is 0 Å². The first-order valence-electron chi connectivity index (χ1n) is 9.13. The molecule has 1 heterocycles. The van der Waals surface area contributed by atoms with Gasteiger partial charge in [-0.05, 0) is 68.3 Å². The van der Waals surface area contributed by atoms with Gasteiger partial charge in [0.2, 0.25) is 5.91 Å². The number of rotatable bonds is 6. The van der Waals surface area contributed by atoms with Crippen LogP contribution in [0.2, 0.25) is 0 Å². The van der Waals surface area contributed by atoms with Crippen molar-refractivity contribution in [3.8, 4) is 0 Å². The summed E-state index contributed by atoms with van der Waals surface area (Å²) in [6, 6.07) is 15.7. The minimum atomic E-state index is -3.96. The molecule has 0 saturated heterocycles. The highest BCUT2D eigenvalue weighted by Gasteiger charge is 2.27. The lowest BCUT2D eigenvalue weighted by molar-refractivity contribution is -0.114. The van der Waals surface area contributed by atoms with Gasteiger partial charge in [0.1, 0.15) is 11.4 Å². The minimum absolute atomic E-state index is 0.0276. The maximum atomic E-state index is 13.2. The Labute approximate surface area is 171 Å². The molecule has 7 heteroatoms. The molecule has 1 amide bonds. The quantitative estimate of drug-likeness (QED) is 0.671. The monoisotopic (exact) mass is 409 g/mol. The number of pyridine rings is 1. The molecule has 0 saturated carbocycles. The summed E-state index contributed by atoms with van der Waals surface area (Å²) < 4.78 is 27.5. The summed E-state index contributed by atoms with van der Waals surface area (Å²) in [5.41, 5.74) is 4.06. The van der Waals surface area contributed by atoms with E-state index in [1.165, 1.54) is 18.5 Å². The third-order valence-electron chi connectivity index (χ3n) is 4.34. The molecular formula is C22H23N3O3S. The molecule has 1 aromatic heterocycles. The largest absolute Gasteiger partial charge is 0.324 e. The predicted octanol–water partition coefficient (Wildman–Crippen LogP) is 3.84. The van der Waals surface area contributed by atoms with Gasteiger partial charge in [-0.2, -0.15) is 0 Å². The number of carbonyl (C=O) groups excluding carboxylic acids is 1. The van der Waals surface area contributed by atoms with E-state index in [4.69, 9.17) is 0 Å². The van der Waals surface area contributed by atoms with Gasteiger partial charge in [0.25, 0.3) is 10.0 Å². The van der Waals surface area contributed by atoms with Crippen molar-refractivity contribution in [1.82, 2.24) is 4.98 Å². The number of nitrogens with zero attached hydrogens (tertiary/aromatic N) is 2. The molecule has 1 N–H and O–H groups in total. The van der Waals surface area contributed by atoms with Crippen LogP contribution in [0.5, 0.6) is 0 Å². The zero-order valence-corrected chi connectivity index (χ0v) is 17.4. The number of aryl methyl sites for hydroxylation is 3. The van der Waals surface area contributed by atoms with Crippen LogP contribution in [-0.2, 0) is 14.8 Å². The van der Waals surface area contributed by atoms with E-state index >= 15 is 0 Å². The van der Waals surface area contributed by atoms with E-state index in [2.05, 4.69) is 10.3 Å². The molecule has 3 aromatic rings. The standard InChI is InChI=1S/C22H23N3O3S/c1-16-6-8-20(9-7-16)25(29(27,28)21-5-4-10-23-14-21)15-22(26)24-19-12-17(2)11-18(3)13-19/h4-14H,15H2,1-3H3,(H,24,26). The third-order valence-corrected chi connectivity index (χ3v) is 6.09. The first-order chi connectivity index (χ1) is 13.8. The summed E-state index contributed by atoms with van der Waals surface area (Å²) >= 11 is 0. The van der Waals surface area contributed by atoms with Gasteiger partial charge in [-0.3, -0.25) is 14.1 Å². The third kappa shape index (κ3) is 5.00. The van der Waals surface area contributed by atoms with E-state index in [-0.39, 0.29) is 11.4 Å². The van der Waals surface area contributed by atoms with Crippen LogP contribution in [0, 0.1) is 20.8 Å². The molecule has 6 nitrogen and oxygen atoms in total. The van der Waals surface area contributed by atoms with Crippen molar-refractivity contribution in [3.05, 3.63) is 83.7 Å².